The summed E-state index contributed by atoms with van der Waals surface area (Å²) in [6, 6.07) is 11.4. The van der Waals surface area contributed by atoms with E-state index in [9.17, 15) is 9.59 Å². The zero-order chi connectivity index (χ0) is 16.4. The Hall–Kier alpha value is -2.69. The molecule has 2 heterocycles. The molecule has 5 heteroatoms. The van der Waals surface area contributed by atoms with E-state index in [0.29, 0.717) is 12.4 Å². The Morgan fingerprint density at radius 2 is 2.00 bits per heavy atom. The quantitative estimate of drug-likeness (QED) is 0.948. The average molecular weight is 309 g/mol. The molecule has 23 heavy (non-hydrogen) atoms. The Morgan fingerprint density at radius 1 is 1.22 bits per heavy atom. The summed E-state index contributed by atoms with van der Waals surface area (Å²) in [6.07, 6.45) is 1.88. The second kappa shape index (κ2) is 6.20. The Labute approximate surface area is 135 Å². The lowest BCUT2D eigenvalue weighted by Crippen LogP contribution is -2.28. The zero-order valence-electron chi connectivity index (χ0n) is 13.2. The van der Waals surface area contributed by atoms with Crippen molar-refractivity contribution in [3.63, 3.8) is 0 Å². The molecular weight excluding hydrogens is 290 g/mol. The van der Waals surface area contributed by atoms with Crippen LogP contribution in [0.25, 0.3) is 0 Å². The molecule has 1 saturated heterocycles. The lowest BCUT2D eigenvalue weighted by Gasteiger charge is -2.17. The molecule has 0 radical (unpaired) electrons. The fourth-order valence-corrected chi connectivity index (χ4v) is 2.76. The predicted molar refractivity (Wildman–Crippen MR) is 89.2 cm³/mol. The molecule has 1 aliphatic heterocycles. The van der Waals surface area contributed by atoms with Gasteiger partial charge in [0.15, 0.2) is 0 Å². The maximum absolute atomic E-state index is 12.4. The van der Waals surface area contributed by atoms with Gasteiger partial charge < -0.3 is 10.2 Å². The van der Waals surface area contributed by atoms with Crippen LogP contribution in [0.3, 0.4) is 0 Å². The van der Waals surface area contributed by atoms with Crippen molar-refractivity contribution in [2.24, 2.45) is 5.92 Å². The summed E-state index contributed by atoms with van der Waals surface area (Å²) in [5, 5.41) is 2.80. The van der Waals surface area contributed by atoms with Crippen LogP contribution in [0.2, 0.25) is 0 Å². The van der Waals surface area contributed by atoms with Crippen molar-refractivity contribution in [2.45, 2.75) is 20.3 Å². The number of hydrogen-bond donors (Lipinski definition) is 1. The van der Waals surface area contributed by atoms with E-state index in [1.54, 1.807) is 11.1 Å². The van der Waals surface area contributed by atoms with Crippen LogP contribution in [0.5, 0.6) is 0 Å². The molecule has 118 valence electrons. The van der Waals surface area contributed by atoms with Gasteiger partial charge in [0.2, 0.25) is 11.8 Å². The van der Waals surface area contributed by atoms with Gasteiger partial charge in [0.05, 0.1) is 5.92 Å². The fourth-order valence-electron chi connectivity index (χ4n) is 2.76. The molecule has 2 aromatic rings. The van der Waals surface area contributed by atoms with E-state index in [0.717, 1.165) is 16.8 Å². The number of nitrogens with zero attached hydrogens (tertiary/aromatic N) is 2. The summed E-state index contributed by atoms with van der Waals surface area (Å²) in [5.74, 6) is -0.0127. The maximum atomic E-state index is 12.4. The van der Waals surface area contributed by atoms with Crippen molar-refractivity contribution >= 4 is 23.3 Å². The van der Waals surface area contributed by atoms with Crippen LogP contribution in [-0.4, -0.2) is 23.3 Å². The summed E-state index contributed by atoms with van der Waals surface area (Å²) in [6.45, 7) is 4.33. The highest BCUT2D eigenvalue weighted by molar-refractivity contribution is 6.03. The molecule has 3 rings (SSSR count). The molecule has 0 saturated carbocycles. The van der Waals surface area contributed by atoms with Gasteiger partial charge in [0.25, 0.3) is 0 Å². The third-order valence-corrected chi connectivity index (χ3v) is 3.98. The van der Waals surface area contributed by atoms with Crippen molar-refractivity contribution in [2.75, 3.05) is 16.8 Å². The Kier molecular flexibility index (Phi) is 4.10. The van der Waals surface area contributed by atoms with Crippen molar-refractivity contribution in [3.05, 3.63) is 53.7 Å². The number of carbonyl (C=O) groups is 2. The van der Waals surface area contributed by atoms with Gasteiger partial charge in [-0.2, -0.15) is 0 Å². The van der Waals surface area contributed by atoms with Gasteiger partial charge in [-0.15, -0.1) is 0 Å². The Morgan fingerprint density at radius 3 is 2.74 bits per heavy atom. The second-order valence-electron chi connectivity index (χ2n) is 5.95. The highest BCUT2D eigenvalue weighted by atomic mass is 16.2. The molecule has 2 amide bonds. The van der Waals surface area contributed by atoms with Crippen molar-refractivity contribution < 1.29 is 9.59 Å². The summed E-state index contributed by atoms with van der Waals surface area (Å²) in [5.41, 5.74) is 2.96. The summed E-state index contributed by atoms with van der Waals surface area (Å²) in [7, 11) is 0. The molecular formula is C18H19N3O2. The number of pyridine rings is 1. The van der Waals surface area contributed by atoms with E-state index in [2.05, 4.69) is 10.3 Å². The van der Waals surface area contributed by atoms with E-state index >= 15 is 0 Å². The lowest BCUT2D eigenvalue weighted by atomic mass is 10.1. The first-order chi connectivity index (χ1) is 11.0. The topological polar surface area (TPSA) is 62.3 Å². The largest absolute Gasteiger partial charge is 0.312 e. The number of aromatic nitrogens is 1. The second-order valence-corrected chi connectivity index (χ2v) is 5.95. The van der Waals surface area contributed by atoms with Crippen LogP contribution in [0, 0.1) is 19.8 Å². The number of amides is 2. The van der Waals surface area contributed by atoms with Crippen LogP contribution >= 0.6 is 0 Å². The standard InChI is InChI=1S/C18H19N3O2/c1-12-4-3-5-15(8-12)21-11-14(10-17(21)22)18(23)20-16-9-13(2)6-7-19-16/h3-9,14H,10-11H2,1-2H3,(H,19,20,23)/t14-/m0/s1. The third kappa shape index (κ3) is 3.39. The lowest BCUT2D eigenvalue weighted by molar-refractivity contribution is -0.122. The molecule has 0 spiro atoms. The molecule has 1 aromatic heterocycles. The minimum atomic E-state index is -0.356. The summed E-state index contributed by atoms with van der Waals surface area (Å²) < 4.78 is 0. The van der Waals surface area contributed by atoms with E-state index in [-0.39, 0.29) is 24.2 Å². The molecule has 0 unspecified atom stereocenters. The van der Waals surface area contributed by atoms with Crippen LogP contribution in [0.15, 0.2) is 42.6 Å². The van der Waals surface area contributed by atoms with Crippen LogP contribution in [-0.2, 0) is 9.59 Å². The zero-order valence-corrected chi connectivity index (χ0v) is 13.2. The monoisotopic (exact) mass is 309 g/mol. The first-order valence-electron chi connectivity index (χ1n) is 7.63. The minimum Gasteiger partial charge on any atom is -0.312 e. The minimum absolute atomic E-state index is 0.0204. The average Bonchev–Trinajstić information content (AvgIpc) is 2.89. The molecule has 5 nitrogen and oxygen atoms in total. The van der Waals surface area contributed by atoms with Crippen LogP contribution < -0.4 is 10.2 Å². The number of nitrogens with one attached hydrogen (secondary N) is 1. The number of rotatable bonds is 3. The van der Waals surface area contributed by atoms with E-state index in [1.165, 1.54) is 0 Å². The SMILES string of the molecule is Cc1cccc(N2C[C@@H](C(=O)Nc3cc(C)ccn3)CC2=O)c1. The predicted octanol–water partition coefficient (Wildman–Crippen LogP) is 2.69. The number of benzene rings is 1. The number of carbonyl (C=O) groups excluding carboxylic acids is 2. The van der Waals surface area contributed by atoms with E-state index in [4.69, 9.17) is 0 Å². The van der Waals surface area contributed by atoms with Crippen molar-refractivity contribution in [1.29, 1.82) is 0 Å². The number of hydrogen-bond acceptors (Lipinski definition) is 3. The summed E-state index contributed by atoms with van der Waals surface area (Å²) in [4.78, 5) is 30.4. The van der Waals surface area contributed by atoms with Gasteiger partial charge in [-0.05, 0) is 49.2 Å². The van der Waals surface area contributed by atoms with E-state index < -0.39 is 0 Å². The van der Waals surface area contributed by atoms with Crippen molar-refractivity contribution in [1.82, 2.24) is 4.98 Å². The molecule has 1 N–H and O–H groups in total. The van der Waals surface area contributed by atoms with Gasteiger partial charge >= 0.3 is 0 Å². The third-order valence-electron chi connectivity index (χ3n) is 3.98. The molecule has 1 fully saturated rings. The normalized spacial score (nSPS) is 17.4. The first-order valence-corrected chi connectivity index (χ1v) is 7.63. The first kappa shape index (κ1) is 15.2. The maximum Gasteiger partial charge on any atom is 0.230 e. The molecule has 0 bridgehead atoms. The fraction of sp³-hybridized carbons (Fsp3) is 0.278. The highest BCUT2D eigenvalue weighted by Gasteiger charge is 2.35. The Bertz CT molecular complexity index is 757. The highest BCUT2D eigenvalue weighted by Crippen LogP contribution is 2.26. The van der Waals surface area contributed by atoms with Crippen molar-refractivity contribution in [3.8, 4) is 0 Å². The smallest absolute Gasteiger partial charge is 0.230 e. The number of anilines is 2. The van der Waals surface area contributed by atoms with E-state index in [1.807, 2.05) is 50.2 Å². The van der Waals surface area contributed by atoms with Gasteiger partial charge in [0.1, 0.15) is 5.82 Å². The van der Waals surface area contributed by atoms with Crippen LogP contribution in [0.1, 0.15) is 17.5 Å². The van der Waals surface area contributed by atoms with Gasteiger partial charge in [-0.3, -0.25) is 9.59 Å². The summed E-state index contributed by atoms with van der Waals surface area (Å²) >= 11 is 0. The molecule has 1 aromatic carbocycles. The van der Waals surface area contributed by atoms with Gasteiger partial charge in [0, 0.05) is 24.8 Å². The molecule has 1 atom stereocenters. The van der Waals surface area contributed by atoms with Gasteiger partial charge in [-0.25, -0.2) is 4.98 Å². The van der Waals surface area contributed by atoms with Gasteiger partial charge in [-0.1, -0.05) is 12.1 Å². The molecule has 0 aliphatic carbocycles. The van der Waals surface area contributed by atoms with Crippen LogP contribution in [0.4, 0.5) is 11.5 Å². The molecule has 1 aliphatic rings. The number of aryl methyl sites for hydroxylation is 2. The Balaban J connectivity index is 1.70.